The zero-order valence-corrected chi connectivity index (χ0v) is 15.4. The highest BCUT2D eigenvalue weighted by Crippen LogP contribution is 2.33. The Hall–Kier alpha value is -2.61. The molecule has 0 spiro atoms. The van der Waals surface area contributed by atoms with E-state index in [1.807, 2.05) is 0 Å². The minimum Gasteiger partial charge on any atom is -0.435 e. The van der Waals surface area contributed by atoms with Crippen molar-refractivity contribution in [2.24, 2.45) is 4.99 Å². The van der Waals surface area contributed by atoms with Gasteiger partial charge in [0.05, 0.1) is 5.60 Å². The zero-order chi connectivity index (χ0) is 20.5. The number of hydrogen-bond acceptors (Lipinski definition) is 4. The van der Waals surface area contributed by atoms with Gasteiger partial charge in [0.1, 0.15) is 23.1 Å². The number of aliphatic hydroxyl groups is 1. The molecule has 0 aromatic heterocycles. The Labute approximate surface area is 160 Å². The van der Waals surface area contributed by atoms with Crippen molar-refractivity contribution < 1.29 is 27.4 Å². The van der Waals surface area contributed by atoms with Gasteiger partial charge >= 0.3 is 6.61 Å². The van der Waals surface area contributed by atoms with Crippen LogP contribution in [-0.2, 0) is 13.1 Å². The average Bonchev–Trinajstić information content (AvgIpc) is 2.56. The first-order valence-corrected chi connectivity index (χ1v) is 8.67. The van der Waals surface area contributed by atoms with Crippen LogP contribution in [0, 0.1) is 11.6 Å². The van der Waals surface area contributed by atoms with Gasteiger partial charge in [-0.15, -0.1) is 0 Å². The number of amidine groups is 1. The van der Waals surface area contributed by atoms with E-state index in [2.05, 4.69) is 9.73 Å². The number of aliphatic imine (C=N–C) groups is 1. The fourth-order valence-electron chi connectivity index (χ4n) is 3.04. The minimum atomic E-state index is -2.90. The molecule has 0 saturated carbocycles. The molecule has 0 radical (unpaired) electrons. The first-order chi connectivity index (χ1) is 13.1. The number of halogens is 4. The zero-order valence-electron chi connectivity index (χ0n) is 15.4. The second kappa shape index (κ2) is 7.79. The molecule has 2 aromatic carbocycles. The molecule has 1 aliphatic rings. The number of benzene rings is 2. The van der Waals surface area contributed by atoms with Crippen molar-refractivity contribution in [3.05, 3.63) is 59.2 Å². The van der Waals surface area contributed by atoms with Crippen molar-refractivity contribution in [1.82, 2.24) is 4.90 Å². The Bertz CT molecular complexity index is 877. The van der Waals surface area contributed by atoms with Crippen LogP contribution in [0.25, 0.3) is 0 Å². The predicted molar refractivity (Wildman–Crippen MR) is 96.7 cm³/mol. The lowest BCUT2D eigenvalue weighted by Gasteiger charge is -2.33. The third-order valence-electron chi connectivity index (χ3n) is 4.19. The molecular formula is C20H20F4N2O2. The molecule has 3 rings (SSSR count). The van der Waals surface area contributed by atoms with Crippen LogP contribution in [-0.4, -0.2) is 28.1 Å². The molecule has 0 unspecified atom stereocenters. The Kier molecular flexibility index (Phi) is 5.60. The van der Waals surface area contributed by atoms with Gasteiger partial charge in [0.25, 0.3) is 0 Å². The van der Waals surface area contributed by atoms with Crippen molar-refractivity contribution >= 4 is 11.5 Å². The van der Waals surface area contributed by atoms with Gasteiger partial charge in [0.2, 0.25) is 0 Å². The third-order valence-corrected chi connectivity index (χ3v) is 4.19. The van der Waals surface area contributed by atoms with E-state index in [9.17, 15) is 22.7 Å². The highest BCUT2D eigenvalue weighted by molar-refractivity contribution is 5.87. The Balaban J connectivity index is 1.88. The van der Waals surface area contributed by atoms with Gasteiger partial charge in [-0.2, -0.15) is 8.78 Å². The van der Waals surface area contributed by atoms with Crippen LogP contribution in [0.3, 0.4) is 0 Å². The lowest BCUT2D eigenvalue weighted by Crippen LogP contribution is -2.37. The smallest absolute Gasteiger partial charge is 0.387 e. The summed E-state index contributed by atoms with van der Waals surface area (Å²) in [5.41, 5.74) is 0.151. The molecular weight excluding hydrogens is 376 g/mol. The fraction of sp³-hybridized carbons (Fsp3) is 0.350. The maximum atomic E-state index is 14.1. The van der Waals surface area contributed by atoms with E-state index in [-0.39, 0.29) is 24.4 Å². The molecule has 0 aliphatic carbocycles. The highest BCUT2D eigenvalue weighted by atomic mass is 19.3. The lowest BCUT2D eigenvalue weighted by atomic mass is 10.0. The van der Waals surface area contributed by atoms with Crippen LogP contribution in [0.4, 0.5) is 23.2 Å². The van der Waals surface area contributed by atoms with Crippen molar-refractivity contribution in [1.29, 1.82) is 0 Å². The molecule has 0 saturated heterocycles. The third kappa shape index (κ3) is 5.01. The number of alkyl halides is 2. The molecule has 4 nitrogen and oxygen atoms in total. The standard InChI is InChI=1S/C20H20F4N2O2/c1-20(2,27)9-17-25-18-13(7-14(21)8-16(18)22)11-26(17)10-12-3-5-15(6-4-12)28-19(23)24/h3-8,19,27H,9-11H2,1-2H3. The molecule has 1 heterocycles. The van der Waals surface area contributed by atoms with Crippen molar-refractivity contribution in [2.45, 2.75) is 45.6 Å². The summed E-state index contributed by atoms with van der Waals surface area (Å²) in [5, 5.41) is 10.2. The van der Waals surface area contributed by atoms with E-state index in [0.717, 1.165) is 11.6 Å². The van der Waals surface area contributed by atoms with Crippen molar-refractivity contribution in [3.8, 4) is 5.75 Å². The Morgan fingerprint density at radius 3 is 2.46 bits per heavy atom. The van der Waals surface area contributed by atoms with Crippen LogP contribution in [0.2, 0.25) is 0 Å². The van der Waals surface area contributed by atoms with E-state index < -0.39 is 23.8 Å². The van der Waals surface area contributed by atoms with Crippen LogP contribution < -0.4 is 4.74 Å². The number of fused-ring (bicyclic) bond motifs is 1. The number of rotatable bonds is 6. The quantitative estimate of drug-likeness (QED) is 0.716. The summed E-state index contributed by atoms with van der Waals surface area (Å²) in [5.74, 6) is -0.946. The topological polar surface area (TPSA) is 45.1 Å². The molecule has 0 amide bonds. The van der Waals surface area contributed by atoms with Gasteiger partial charge in [-0.3, -0.25) is 0 Å². The van der Waals surface area contributed by atoms with E-state index in [4.69, 9.17) is 0 Å². The molecule has 150 valence electrons. The second-order valence-electron chi connectivity index (χ2n) is 7.29. The van der Waals surface area contributed by atoms with Crippen molar-refractivity contribution in [2.75, 3.05) is 0 Å². The van der Waals surface area contributed by atoms with E-state index in [0.29, 0.717) is 17.9 Å². The minimum absolute atomic E-state index is 0.0391. The first kappa shape index (κ1) is 20.1. The summed E-state index contributed by atoms with van der Waals surface area (Å²) >= 11 is 0. The highest BCUT2D eigenvalue weighted by Gasteiger charge is 2.27. The second-order valence-corrected chi connectivity index (χ2v) is 7.29. The number of ether oxygens (including phenoxy) is 1. The Morgan fingerprint density at radius 1 is 1.18 bits per heavy atom. The summed E-state index contributed by atoms with van der Waals surface area (Å²) in [6.45, 7) is 0.844. The normalized spacial score (nSPS) is 14.1. The maximum absolute atomic E-state index is 14.1. The monoisotopic (exact) mass is 396 g/mol. The fourth-order valence-corrected chi connectivity index (χ4v) is 3.04. The summed E-state index contributed by atoms with van der Waals surface area (Å²) < 4.78 is 56.6. The van der Waals surface area contributed by atoms with E-state index in [1.54, 1.807) is 30.9 Å². The largest absolute Gasteiger partial charge is 0.435 e. The SMILES string of the molecule is CC(C)(O)CC1=Nc2c(F)cc(F)cc2CN1Cc1ccc(OC(F)F)cc1. The van der Waals surface area contributed by atoms with Crippen LogP contribution >= 0.6 is 0 Å². The van der Waals surface area contributed by atoms with Gasteiger partial charge in [-0.25, -0.2) is 13.8 Å². The molecule has 0 atom stereocenters. The van der Waals surface area contributed by atoms with E-state index in [1.165, 1.54) is 18.2 Å². The molecule has 28 heavy (non-hydrogen) atoms. The summed E-state index contributed by atoms with van der Waals surface area (Å²) in [7, 11) is 0. The summed E-state index contributed by atoms with van der Waals surface area (Å²) in [6, 6.07) is 8.11. The molecule has 2 aromatic rings. The first-order valence-electron chi connectivity index (χ1n) is 8.67. The van der Waals surface area contributed by atoms with Crippen LogP contribution in [0.5, 0.6) is 5.75 Å². The van der Waals surface area contributed by atoms with Gasteiger partial charge in [0.15, 0.2) is 5.82 Å². The van der Waals surface area contributed by atoms with Gasteiger partial charge in [-0.05, 0) is 37.6 Å². The van der Waals surface area contributed by atoms with Crippen LogP contribution in [0.15, 0.2) is 41.4 Å². The average molecular weight is 396 g/mol. The van der Waals surface area contributed by atoms with Gasteiger partial charge < -0.3 is 14.7 Å². The lowest BCUT2D eigenvalue weighted by molar-refractivity contribution is -0.0498. The summed E-state index contributed by atoms with van der Waals surface area (Å²) in [4.78, 5) is 6.12. The van der Waals surface area contributed by atoms with Gasteiger partial charge in [0, 0.05) is 31.1 Å². The molecule has 0 bridgehead atoms. The molecule has 1 aliphatic heterocycles. The summed E-state index contributed by atoms with van der Waals surface area (Å²) in [6.07, 6.45) is 0.163. The van der Waals surface area contributed by atoms with Crippen molar-refractivity contribution in [3.63, 3.8) is 0 Å². The van der Waals surface area contributed by atoms with E-state index >= 15 is 0 Å². The molecule has 1 N–H and O–H groups in total. The Morgan fingerprint density at radius 2 is 1.86 bits per heavy atom. The number of hydrogen-bond donors (Lipinski definition) is 1. The molecule has 0 fully saturated rings. The maximum Gasteiger partial charge on any atom is 0.387 e. The van der Waals surface area contributed by atoms with Crippen LogP contribution in [0.1, 0.15) is 31.4 Å². The predicted octanol–water partition coefficient (Wildman–Crippen LogP) is 4.77. The number of nitrogens with zero attached hydrogens (tertiary/aromatic N) is 2. The van der Waals surface area contributed by atoms with Gasteiger partial charge in [-0.1, -0.05) is 12.1 Å². The molecule has 8 heteroatoms.